The first-order valence-electron chi connectivity index (χ1n) is 2.45. The van der Waals surface area contributed by atoms with Crippen molar-refractivity contribution in [2.75, 3.05) is 0 Å². The molecule has 0 rings (SSSR count). The molecule has 1 atom stereocenters. The Labute approximate surface area is 52.1 Å². The summed E-state index contributed by atoms with van der Waals surface area (Å²) in [5.41, 5.74) is -2.06. The summed E-state index contributed by atoms with van der Waals surface area (Å²) in [4.78, 5) is 9.86. The third-order valence-electron chi connectivity index (χ3n) is 0.884. The molecule has 0 radical (unpaired) electrons. The average molecular weight is 136 g/mol. The van der Waals surface area contributed by atoms with Crippen LogP contribution in [0.3, 0.4) is 0 Å². The van der Waals surface area contributed by atoms with Crippen LogP contribution >= 0.6 is 0 Å². The maximum atomic E-state index is 12.4. The molecule has 0 amide bonds. The van der Waals surface area contributed by atoms with Gasteiger partial charge in [0, 0.05) is 0 Å². The molecule has 0 bridgehead atoms. The van der Waals surface area contributed by atoms with Gasteiger partial charge < -0.3 is 10.2 Å². The Kier molecular flexibility index (Phi) is 2.14. The minimum absolute atomic E-state index is 1.01. The van der Waals surface area contributed by atoms with Crippen molar-refractivity contribution in [2.45, 2.75) is 25.6 Å². The number of carbonyl (C=O) groups is 1. The van der Waals surface area contributed by atoms with Gasteiger partial charge >= 0.3 is 5.97 Å². The quantitative estimate of drug-likeness (QED) is 0.569. The minimum Gasteiger partial charge on any atom is -0.479 e. The van der Waals surface area contributed by atoms with Crippen molar-refractivity contribution in [3.05, 3.63) is 0 Å². The van der Waals surface area contributed by atoms with E-state index in [1.165, 1.54) is 0 Å². The van der Waals surface area contributed by atoms with Crippen LogP contribution in [0.1, 0.15) is 13.8 Å². The monoisotopic (exact) mass is 136 g/mol. The Morgan fingerprint density at radius 1 is 1.67 bits per heavy atom. The molecule has 0 spiro atoms. The van der Waals surface area contributed by atoms with E-state index >= 15 is 0 Å². The number of aliphatic hydroxyl groups excluding tert-OH is 1. The fourth-order valence-electron chi connectivity index (χ4n) is 0.294. The lowest BCUT2D eigenvalue weighted by Gasteiger charge is -2.16. The topological polar surface area (TPSA) is 57.5 Å². The highest BCUT2D eigenvalue weighted by Crippen LogP contribution is 2.13. The molecule has 0 aliphatic heterocycles. The van der Waals surface area contributed by atoms with Gasteiger partial charge in [0.05, 0.1) is 0 Å². The van der Waals surface area contributed by atoms with Crippen molar-refractivity contribution in [1.29, 1.82) is 0 Å². The fourth-order valence-corrected chi connectivity index (χ4v) is 0.294. The predicted octanol–water partition coefficient (Wildman–Crippen LogP) is 0.180. The Balaban J connectivity index is 4.04. The molecule has 0 fully saturated rings. The fraction of sp³-hybridized carbons (Fsp3) is 0.800. The van der Waals surface area contributed by atoms with Crippen molar-refractivity contribution in [3.8, 4) is 0 Å². The SMILES string of the molecule is CC(C)(F)[C@H](O)C(=O)O. The number of carboxylic acids is 1. The Hall–Kier alpha value is -0.640. The number of hydrogen-bond acceptors (Lipinski definition) is 2. The van der Waals surface area contributed by atoms with Crippen LogP contribution in [0.5, 0.6) is 0 Å². The summed E-state index contributed by atoms with van der Waals surface area (Å²) in [5, 5.41) is 16.5. The van der Waals surface area contributed by atoms with Crippen LogP contribution in [0, 0.1) is 0 Å². The summed E-state index contributed by atoms with van der Waals surface area (Å²) in [6.07, 6.45) is -1.93. The number of hydrogen-bond donors (Lipinski definition) is 2. The molecule has 3 nitrogen and oxygen atoms in total. The molecule has 0 saturated carbocycles. The van der Waals surface area contributed by atoms with E-state index < -0.39 is 17.7 Å². The van der Waals surface area contributed by atoms with Crippen molar-refractivity contribution in [3.63, 3.8) is 0 Å². The molecule has 0 unspecified atom stereocenters. The number of aliphatic hydroxyl groups is 1. The number of carboxylic acid groups (broad SMARTS) is 1. The van der Waals surface area contributed by atoms with E-state index in [0.29, 0.717) is 0 Å². The Morgan fingerprint density at radius 2 is 2.00 bits per heavy atom. The highest BCUT2D eigenvalue weighted by Gasteiger charge is 2.32. The van der Waals surface area contributed by atoms with E-state index in [0.717, 1.165) is 13.8 Å². The van der Waals surface area contributed by atoms with Crippen LogP contribution in [0.2, 0.25) is 0 Å². The summed E-state index contributed by atoms with van der Waals surface area (Å²) in [7, 11) is 0. The largest absolute Gasteiger partial charge is 0.479 e. The van der Waals surface area contributed by atoms with Gasteiger partial charge in [-0.25, -0.2) is 9.18 Å². The average Bonchev–Trinajstić information content (AvgIpc) is 1.62. The van der Waals surface area contributed by atoms with Crippen LogP contribution in [-0.4, -0.2) is 28.0 Å². The summed E-state index contributed by atoms with van der Waals surface area (Å²) >= 11 is 0. The molecule has 0 heterocycles. The van der Waals surface area contributed by atoms with E-state index in [4.69, 9.17) is 10.2 Å². The maximum absolute atomic E-state index is 12.4. The second-order valence-electron chi connectivity index (χ2n) is 2.31. The van der Waals surface area contributed by atoms with Gasteiger partial charge in [-0.1, -0.05) is 0 Å². The van der Waals surface area contributed by atoms with Crippen molar-refractivity contribution < 1.29 is 19.4 Å². The molecule has 0 aliphatic carbocycles. The molecule has 0 aromatic carbocycles. The van der Waals surface area contributed by atoms with Crippen molar-refractivity contribution in [2.24, 2.45) is 0 Å². The van der Waals surface area contributed by atoms with E-state index in [1.807, 2.05) is 0 Å². The lowest BCUT2D eigenvalue weighted by molar-refractivity contribution is -0.154. The first kappa shape index (κ1) is 8.36. The van der Waals surface area contributed by atoms with E-state index in [1.54, 1.807) is 0 Å². The molecule has 2 N–H and O–H groups in total. The van der Waals surface area contributed by atoms with E-state index in [9.17, 15) is 9.18 Å². The second kappa shape index (κ2) is 2.31. The van der Waals surface area contributed by atoms with Gasteiger partial charge in [-0.3, -0.25) is 0 Å². The highest BCUT2D eigenvalue weighted by atomic mass is 19.1. The van der Waals surface area contributed by atoms with Crippen LogP contribution in [0.25, 0.3) is 0 Å². The van der Waals surface area contributed by atoms with Gasteiger partial charge in [0.2, 0.25) is 0 Å². The third-order valence-corrected chi connectivity index (χ3v) is 0.884. The zero-order chi connectivity index (χ0) is 7.65. The molecular weight excluding hydrogens is 127 g/mol. The first-order chi connectivity index (χ1) is 3.85. The normalized spacial score (nSPS) is 15.1. The summed E-state index contributed by atoms with van der Waals surface area (Å²) in [6, 6.07) is 0. The molecule has 9 heavy (non-hydrogen) atoms. The number of aliphatic carboxylic acids is 1. The third kappa shape index (κ3) is 2.41. The summed E-state index contributed by atoms with van der Waals surface area (Å²) in [5.74, 6) is -1.54. The maximum Gasteiger partial charge on any atom is 0.335 e. The van der Waals surface area contributed by atoms with Gasteiger partial charge in [-0.05, 0) is 13.8 Å². The van der Waals surface area contributed by atoms with Gasteiger partial charge in [0.1, 0.15) is 5.67 Å². The number of alkyl halides is 1. The predicted molar refractivity (Wildman–Crippen MR) is 28.8 cm³/mol. The Bertz CT molecular complexity index is 116. The highest BCUT2D eigenvalue weighted by molar-refractivity contribution is 5.73. The molecule has 54 valence electrons. The zero-order valence-electron chi connectivity index (χ0n) is 5.26. The van der Waals surface area contributed by atoms with Crippen LogP contribution < -0.4 is 0 Å². The van der Waals surface area contributed by atoms with E-state index in [2.05, 4.69) is 0 Å². The lowest BCUT2D eigenvalue weighted by atomic mass is 10.1. The van der Waals surface area contributed by atoms with Gasteiger partial charge in [0.25, 0.3) is 0 Å². The number of halogens is 1. The molecule has 0 aromatic rings. The van der Waals surface area contributed by atoms with Gasteiger partial charge in [-0.2, -0.15) is 0 Å². The summed E-state index contributed by atoms with van der Waals surface area (Å²) in [6.45, 7) is 2.01. The van der Waals surface area contributed by atoms with Crippen molar-refractivity contribution in [1.82, 2.24) is 0 Å². The number of rotatable bonds is 2. The lowest BCUT2D eigenvalue weighted by Crippen LogP contribution is -2.38. The molecule has 4 heteroatoms. The molecular formula is C5H9FO3. The van der Waals surface area contributed by atoms with Crippen LogP contribution in [0.4, 0.5) is 4.39 Å². The smallest absolute Gasteiger partial charge is 0.335 e. The minimum atomic E-state index is -2.06. The first-order valence-corrected chi connectivity index (χ1v) is 2.45. The van der Waals surface area contributed by atoms with E-state index in [-0.39, 0.29) is 0 Å². The summed E-state index contributed by atoms with van der Waals surface area (Å²) < 4.78 is 12.4. The van der Waals surface area contributed by atoms with Crippen molar-refractivity contribution >= 4 is 5.97 Å². The standard InChI is InChI=1S/C5H9FO3/c1-5(2,6)3(7)4(8)9/h3,7H,1-2H3,(H,8,9)/t3-/m1/s1. The molecule has 0 saturated heterocycles. The van der Waals surface area contributed by atoms with Crippen LogP contribution in [-0.2, 0) is 4.79 Å². The molecule has 0 aromatic heterocycles. The zero-order valence-corrected chi connectivity index (χ0v) is 5.26. The van der Waals surface area contributed by atoms with Gasteiger partial charge in [0.15, 0.2) is 6.10 Å². The van der Waals surface area contributed by atoms with Crippen LogP contribution in [0.15, 0.2) is 0 Å². The Morgan fingerprint density at radius 3 is 2.00 bits per heavy atom. The van der Waals surface area contributed by atoms with Gasteiger partial charge in [-0.15, -0.1) is 0 Å². The molecule has 0 aliphatic rings. The second-order valence-corrected chi connectivity index (χ2v) is 2.31.